The first-order chi connectivity index (χ1) is 10.2. The second kappa shape index (κ2) is 5.25. The molecule has 0 aliphatic rings. The van der Waals surface area contributed by atoms with Gasteiger partial charge in [-0.2, -0.15) is 5.10 Å². The zero-order valence-electron chi connectivity index (χ0n) is 10.6. The van der Waals surface area contributed by atoms with Crippen LogP contribution >= 0.6 is 12.2 Å². The maximum atomic E-state index is 10.7. The number of aromatic amines is 1. The van der Waals surface area contributed by atoms with Crippen LogP contribution in [-0.4, -0.2) is 24.7 Å². The van der Waals surface area contributed by atoms with E-state index in [0.29, 0.717) is 22.0 Å². The van der Waals surface area contributed by atoms with Crippen LogP contribution in [0.15, 0.2) is 48.7 Å². The standard InChI is InChI=1S/C13H9N5O2S/c19-18(20)10-6-4-9(5-7-10)12-15-16-13(21)17(12)11-3-1-2-8-14-11/h1-8H,(H,16,21). The third-order valence-corrected chi connectivity index (χ3v) is 3.16. The molecule has 0 spiro atoms. The summed E-state index contributed by atoms with van der Waals surface area (Å²) in [6, 6.07) is 11.6. The van der Waals surface area contributed by atoms with Crippen LogP contribution in [0.5, 0.6) is 0 Å². The number of hydrogen-bond donors (Lipinski definition) is 1. The van der Waals surface area contributed by atoms with Crippen molar-refractivity contribution in [3.63, 3.8) is 0 Å². The Balaban J connectivity index is 2.12. The molecule has 1 aromatic carbocycles. The molecule has 0 amide bonds. The number of aromatic nitrogens is 4. The summed E-state index contributed by atoms with van der Waals surface area (Å²) in [5.74, 6) is 1.18. The second-order valence-electron chi connectivity index (χ2n) is 4.18. The lowest BCUT2D eigenvalue weighted by Gasteiger charge is -2.05. The number of pyridine rings is 1. The van der Waals surface area contributed by atoms with Gasteiger partial charge in [-0.05, 0) is 36.5 Å². The quantitative estimate of drug-likeness (QED) is 0.456. The maximum Gasteiger partial charge on any atom is 0.269 e. The summed E-state index contributed by atoms with van der Waals surface area (Å²) in [7, 11) is 0. The van der Waals surface area contributed by atoms with Crippen molar-refractivity contribution in [3.05, 3.63) is 63.5 Å². The number of nitro groups is 1. The Bertz CT molecular complexity index is 839. The fourth-order valence-corrected chi connectivity index (χ4v) is 2.15. The molecule has 0 fully saturated rings. The molecule has 0 atom stereocenters. The van der Waals surface area contributed by atoms with Gasteiger partial charge in [0.05, 0.1) is 4.92 Å². The van der Waals surface area contributed by atoms with Gasteiger partial charge in [-0.15, -0.1) is 0 Å². The van der Waals surface area contributed by atoms with Gasteiger partial charge in [0, 0.05) is 23.9 Å². The van der Waals surface area contributed by atoms with Crippen LogP contribution in [0.2, 0.25) is 0 Å². The van der Waals surface area contributed by atoms with E-state index in [0.717, 1.165) is 0 Å². The van der Waals surface area contributed by atoms with Gasteiger partial charge in [-0.3, -0.25) is 19.8 Å². The summed E-state index contributed by atoms with van der Waals surface area (Å²) in [4.78, 5) is 14.5. The number of nitro benzene ring substituents is 1. The molecule has 0 saturated carbocycles. The van der Waals surface area contributed by atoms with Crippen molar-refractivity contribution in [2.45, 2.75) is 0 Å². The van der Waals surface area contributed by atoms with Gasteiger partial charge in [0.25, 0.3) is 5.69 Å². The second-order valence-corrected chi connectivity index (χ2v) is 4.57. The molecular weight excluding hydrogens is 290 g/mol. The van der Waals surface area contributed by atoms with Gasteiger partial charge in [-0.1, -0.05) is 6.07 Å². The molecule has 21 heavy (non-hydrogen) atoms. The van der Waals surface area contributed by atoms with E-state index < -0.39 is 4.92 Å². The van der Waals surface area contributed by atoms with Gasteiger partial charge in [-0.25, -0.2) is 4.98 Å². The van der Waals surface area contributed by atoms with E-state index in [9.17, 15) is 10.1 Å². The highest BCUT2D eigenvalue weighted by molar-refractivity contribution is 7.71. The molecule has 0 radical (unpaired) electrons. The molecule has 0 aliphatic heterocycles. The monoisotopic (exact) mass is 299 g/mol. The molecular formula is C13H9N5O2S. The zero-order chi connectivity index (χ0) is 14.8. The number of rotatable bonds is 3. The van der Waals surface area contributed by atoms with E-state index in [1.807, 2.05) is 6.07 Å². The highest BCUT2D eigenvalue weighted by atomic mass is 32.1. The number of nitrogens with zero attached hydrogens (tertiary/aromatic N) is 4. The molecule has 0 unspecified atom stereocenters. The molecule has 7 nitrogen and oxygen atoms in total. The maximum absolute atomic E-state index is 10.7. The minimum Gasteiger partial charge on any atom is -0.258 e. The number of hydrogen-bond acceptors (Lipinski definition) is 5. The molecule has 0 bridgehead atoms. The average molecular weight is 299 g/mol. The van der Waals surface area contributed by atoms with Crippen LogP contribution < -0.4 is 0 Å². The molecule has 104 valence electrons. The molecule has 0 aliphatic carbocycles. The van der Waals surface area contributed by atoms with Gasteiger partial charge < -0.3 is 0 Å². The lowest BCUT2D eigenvalue weighted by Crippen LogP contribution is -2.00. The summed E-state index contributed by atoms with van der Waals surface area (Å²) in [6.45, 7) is 0. The normalized spacial score (nSPS) is 10.5. The topological polar surface area (TPSA) is 89.6 Å². The molecule has 1 N–H and O–H groups in total. The van der Waals surface area contributed by atoms with Gasteiger partial charge in [0.2, 0.25) is 4.77 Å². The van der Waals surface area contributed by atoms with Crippen LogP contribution in [0.1, 0.15) is 0 Å². The van der Waals surface area contributed by atoms with Crippen molar-refractivity contribution in [1.29, 1.82) is 0 Å². The zero-order valence-corrected chi connectivity index (χ0v) is 11.4. The van der Waals surface area contributed by atoms with Crippen LogP contribution in [0, 0.1) is 14.9 Å². The summed E-state index contributed by atoms with van der Waals surface area (Å²) in [5, 5.41) is 17.6. The smallest absolute Gasteiger partial charge is 0.258 e. The number of H-pyrrole nitrogens is 1. The third kappa shape index (κ3) is 2.43. The van der Waals surface area contributed by atoms with E-state index in [-0.39, 0.29) is 5.69 Å². The minimum atomic E-state index is -0.445. The lowest BCUT2D eigenvalue weighted by molar-refractivity contribution is -0.384. The van der Waals surface area contributed by atoms with Crippen LogP contribution in [0.4, 0.5) is 5.69 Å². The first kappa shape index (κ1) is 13.1. The van der Waals surface area contributed by atoms with Gasteiger partial charge in [0.1, 0.15) is 5.82 Å². The number of benzene rings is 1. The van der Waals surface area contributed by atoms with E-state index >= 15 is 0 Å². The Morgan fingerprint density at radius 3 is 2.57 bits per heavy atom. The first-order valence-electron chi connectivity index (χ1n) is 6.00. The van der Waals surface area contributed by atoms with Crippen molar-refractivity contribution in [3.8, 4) is 17.2 Å². The van der Waals surface area contributed by atoms with E-state index in [1.165, 1.54) is 12.1 Å². The highest BCUT2D eigenvalue weighted by Gasteiger charge is 2.13. The minimum absolute atomic E-state index is 0.0252. The molecule has 2 aromatic heterocycles. The number of nitrogens with one attached hydrogen (secondary N) is 1. The summed E-state index contributed by atoms with van der Waals surface area (Å²) in [5.41, 5.74) is 0.732. The molecule has 2 heterocycles. The Labute approximate surface area is 124 Å². The molecule has 0 saturated heterocycles. The lowest BCUT2D eigenvalue weighted by atomic mass is 10.2. The summed E-state index contributed by atoms with van der Waals surface area (Å²) >= 11 is 5.22. The molecule has 3 aromatic rings. The van der Waals surface area contributed by atoms with Gasteiger partial charge >= 0.3 is 0 Å². The largest absolute Gasteiger partial charge is 0.269 e. The van der Waals surface area contributed by atoms with E-state index in [1.54, 1.807) is 35.0 Å². The SMILES string of the molecule is O=[N+]([O-])c1ccc(-c2n[nH]c(=S)n2-c2ccccn2)cc1. The van der Waals surface area contributed by atoms with Gasteiger partial charge in [0.15, 0.2) is 5.82 Å². The predicted octanol–water partition coefficient (Wildman–Crippen LogP) is 2.90. The molecule has 8 heteroatoms. The number of non-ortho nitro benzene ring substituents is 1. The third-order valence-electron chi connectivity index (χ3n) is 2.89. The van der Waals surface area contributed by atoms with Crippen molar-refractivity contribution in [1.82, 2.24) is 19.7 Å². The summed E-state index contributed by atoms with van der Waals surface area (Å²) in [6.07, 6.45) is 1.66. The molecule has 3 rings (SSSR count). The van der Waals surface area contributed by atoms with Crippen molar-refractivity contribution >= 4 is 17.9 Å². The van der Waals surface area contributed by atoms with Crippen molar-refractivity contribution in [2.75, 3.05) is 0 Å². The predicted molar refractivity (Wildman–Crippen MR) is 78.6 cm³/mol. The Morgan fingerprint density at radius 2 is 1.95 bits per heavy atom. The first-order valence-corrected chi connectivity index (χ1v) is 6.41. The average Bonchev–Trinajstić information content (AvgIpc) is 2.90. The van der Waals surface area contributed by atoms with Crippen molar-refractivity contribution in [2.24, 2.45) is 0 Å². The highest BCUT2D eigenvalue weighted by Crippen LogP contribution is 2.22. The summed E-state index contributed by atoms with van der Waals surface area (Å²) < 4.78 is 2.08. The van der Waals surface area contributed by atoms with Crippen LogP contribution in [0.25, 0.3) is 17.2 Å². The van der Waals surface area contributed by atoms with Crippen molar-refractivity contribution < 1.29 is 4.92 Å². The Kier molecular flexibility index (Phi) is 3.28. The van der Waals surface area contributed by atoms with E-state index in [2.05, 4.69) is 15.2 Å². The fraction of sp³-hybridized carbons (Fsp3) is 0. The Morgan fingerprint density at radius 1 is 1.19 bits per heavy atom. The van der Waals surface area contributed by atoms with E-state index in [4.69, 9.17) is 12.2 Å². The Hall–Kier alpha value is -2.87. The van der Waals surface area contributed by atoms with Crippen LogP contribution in [-0.2, 0) is 0 Å². The fourth-order valence-electron chi connectivity index (χ4n) is 1.92. The van der Waals surface area contributed by atoms with Crippen LogP contribution in [0.3, 0.4) is 0 Å².